The molecule has 2 N–H and O–H groups in total. The first-order valence-corrected chi connectivity index (χ1v) is 7.41. The monoisotopic (exact) mass is 343 g/mol. The highest BCUT2D eigenvalue weighted by Crippen LogP contribution is 2.20. The zero-order valence-corrected chi connectivity index (χ0v) is 13.8. The number of hydrogen-bond acceptors (Lipinski definition) is 5. The molecular formula is C15H22ClN3O4. The Bertz CT molecular complexity index is 536. The van der Waals surface area contributed by atoms with Crippen LogP contribution in [0.2, 0.25) is 0 Å². The Balaban J connectivity index is 0.00000264. The van der Waals surface area contributed by atoms with Gasteiger partial charge < -0.3 is 15.4 Å². The Morgan fingerprint density at radius 2 is 2.09 bits per heavy atom. The van der Waals surface area contributed by atoms with Gasteiger partial charge in [0.25, 0.3) is 11.6 Å². The Hall–Kier alpha value is -1.86. The molecule has 0 spiro atoms. The first-order chi connectivity index (χ1) is 10.5. The van der Waals surface area contributed by atoms with Crippen molar-refractivity contribution in [1.82, 2.24) is 4.90 Å². The van der Waals surface area contributed by atoms with Crippen molar-refractivity contribution in [2.45, 2.75) is 38.3 Å². The fraction of sp³-hybridized carbons (Fsp3) is 0.533. The molecule has 1 saturated heterocycles. The number of halogens is 1. The molecule has 1 heterocycles. The Morgan fingerprint density at radius 1 is 1.43 bits per heavy atom. The molecule has 1 fully saturated rings. The second-order valence-corrected chi connectivity index (χ2v) is 5.55. The van der Waals surface area contributed by atoms with Crippen molar-refractivity contribution in [1.29, 1.82) is 0 Å². The normalized spacial score (nSPS) is 18.7. The number of carbonyl (C=O) groups excluding carboxylic acids is 1. The van der Waals surface area contributed by atoms with Crippen LogP contribution in [0.5, 0.6) is 5.75 Å². The van der Waals surface area contributed by atoms with Gasteiger partial charge in [-0.1, -0.05) is 0 Å². The molecule has 1 aromatic rings. The highest BCUT2D eigenvalue weighted by molar-refractivity contribution is 5.85. The minimum atomic E-state index is -0.476. The molecule has 8 heteroatoms. The summed E-state index contributed by atoms with van der Waals surface area (Å²) in [5.41, 5.74) is 5.94. The lowest BCUT2D eigenvalue weighted by atomic mass is 9.97. The van der Waals surface area contributed by atoms with Crippen molar-refractivity contribution >= 4 is 24.0 Å². The molecule has 0 bridgehead atoms. The lowest BCUT2D eigenvalue weighted by molar-refractivity contribution is -0.384. The predicted octanol–water partition coefficient (Wildman–Crippen LogP) is 2.12. The second kappa shape index (κ2) is 8.69. The van der Waals surface area contributed by atoms with E-state index >= 15 is 0 Å². The first-order valence-electron chi connectivity index (χ1n) is 7.41. The Kier molecular flexibility index (Phi) is 7.25. The third-order valence-electron chi connectivity index (χ3n) is 3.89. The van der Waals surface area contributed by atoms with Gasteiger partial charge in [-0.05, 0) is 38.3 Å². The number of rotatable bonds is 5. The van der Waals surface area contributed by atoms with Crippen LogP contribution >= 0.6 is 12.4 Å². The summed E-state index contributed by atoms with van der Waals surface area (Å²) in [6.45, 7) is 2.53. The van der Waals surface area contributed by atoms with E-state index in [4.69, 9.17) is 10.5 Å². The van der Waals surface area contributed by atoms with Gasteiger partial charge >= 0.3 is 0 Å². The molecule has 128 valence electrons. The number of nitro groups is 1. The third kappa shape index (κ3) is 5.07. The van der Waals surface area contributed by atoms with Crippen LogP contribution < -0.4 is 10.5 Å². The van der Waals surface area contributed by atoms with Crippen LogP contribution in [0.15, 0.2) is 24.3 Å². The maximum Gasteiger partial charge on any atom is 0.269 e. The van der Waals surface area contributed by atoms with Crippen molar-refractivity contribution in [3.63, 3.8) is 0 Å². The summed E-state index contributed by atoms with van der Waals surface area (Å²) in [6, 6.07) is 5.68. The maximum absolute atomic E-state index is 12.3. The number of ether oxygens (including phenoxy) is 1. The van der Waals surface area contributed by atoms with Crippen molar-refractivity contribution in [3.8, 4) is 5.75 Å². The number of likely N-dealkylation sites (tertiary alicyclic amines) is 1. The SMILES string of the molecule is CC(N)C1CCCCN1C(=O)COc1ccc([N+](=O)[O-])cc1.Cl. The lowest BCUT2D eigenvalue weighted by Crippen LogP contribution is -2.52. The summed E-state index contributed by atoms with van der Waals surface area (Å²) in [6.07, 6.45) is 2.98. The molecule has 0 radical (unpaired) electrons. The number of hydrogen-bond donors (Lipinski definition) is 1. The van der Waals surface area contributed by atoms with Crippen LogP contribution in [-0.2, 0) is 4.79 Å². The van der Waals surface area contributed by atoms with Crippen molar-refractivity contribution in [3.05, 3.63) is 34.4 Å². The fourth-order valence-electron chi connectivity index (χ4n) is 2.71. The van der Waals surface area contributed by atoms with E-state index in [0.29, 0.717) is 12.3 Å². The van der Waals surface area contributed by atoms with E-state index in [2.05, 4.69) is 0 Å². The number of nitro benzene ring substituents is 1. The molecule has 2 rings (SSSR count). The van der Waals surface area contributed by atoms with Crippen molar-refractivity contribution < 1.29 is 14.5 Å². The van der Waals surface area contributed by atoms with Gasteiger partial charge in [0.2, 0.25) is 0 Å². The zero-order valence-electron chi connectivity index (χ0n) is 13.0. The van der Waals surface area contributed by atoms with Gasteiger partial charge in [0.15, 0.2) is 6.61 Å². The summed E-state index contributed by atoms with van der Waals surface area (Å²) >= 11 is 0. The third-order valence-corrected chi connectivity index (χ3v) is 3.89. The summed E-state index contributed by atoms with van der Waals surface area (Å²) < 4.78 is 5.43. The second-order valence-electron chi connectivity index (χ2n) is 5.55. The summed E-state index contributed by atoms with van der Waals surface area (Å²) in [5.74, 6) is 0.341. The molecule has 2 atom stereocenters. The van der Waals surface area contributed by atoms with Gasteiger partial charge in [-0.15, -0.1) is 12.4 Å². The van der Waals surface area contributed by atoms with E-state index in [9.17, 15) is 14.9 Å². The zero-order chi connectivity index (χ0) is 16.1. The van der Waals surface area contributed by atoms with E-state index in [0.717, 1.165) is 19.3 Å². The summed E-state index contributed by atoms with van der Waals surface area (Å²) in [4.78, 5) is 24.2. The van der Waals surface area contributed by atoms with Crippen molar-refractivity contribution in [2.24, 2.45) is 5.73 Å². The molecule has 2 unspecified atom stereocenters. The standard InChI is InChI=1S/C15H21N3O4.ClH/c1-11(16)14-4-2-3-9-17(14)15(19)10-22-13-7-5-12(6-8-13)18(20)21;/h5-8,11,14H,2-4,9-10,16H2,1H3;1H. The van der Waals surface area contributed by atoms with Gasteiger partial charge in [-0.3, -0.25) is 14.9 Å². The maximum atomic E-state index is 12.3. The molecule has 0 saturated carbocycles. The van der Waals surface area contributed by atoms with E-state index in [1.54, 1.807) is 4.90 Å². The smallest absolute Gasteiger partial charge is 0.269 e. The molecule has 7 nitrogen and oxygen atoms in total. The Labute approximate surface area is 141 Å². The number of nitrogens with two attached hydrogens (primary N) is 1. The van der Waals surface area contributed by atoms with Crippen LogP contribution in [0.4, 0.5) is 5.69 Å². The van der Waals surface area contributed by atoms with Crippen molar-refractivity contribution in [2.75, 3.05) is 13.2 Å². The molecule has 1 aliphatic heterocycles. The average Bonchev–Trinajstić information content (AvgIpc) is 2.53. The number of piperidine rings is 1. The first kappa shape index (κ1) is 19.2. The van der Waals surface area contributed by atoms with E-state index in [1.165, 1.54) is 24.3 Å². The summed E-state index contributed by atoms with van der Waals surface area (Å²) in [7, 11) is 0. The van der Waals surface area contributed by atoms with Crippen LogP contribution in [0, 0.1) is 10.1 Å². The number of benzene rings is 1. The van der Waals surface area contributed by atoms with Crippen LogP contribution in [0.3, 0.4) is 0 Å². The quantitative estimate of drug-likeness (QED) is 0.652. The number of amides is 1. The minimum Gasteiger partial charge on any atom is -0.484 e. The van der Waals surface area contributed by atoms with Gasteiger partial charge in [-0.2, -0.15) is 0 Å². The van der Waals surface area contributed by atoms with E-state index in [1.807, 2.05) is 6.92 Å². The highest BCUT2D eigenvalue weighted by Gasteiger charge is 2.29. The highest BCUT2D eigenvalue weighted by atomic mass is 35.5. The summed E-state index contributed by atoms with van der Waals surface area (Å²) in [5, 5.41) is 10.6. The number of non-ortho nitro benzene ring substituents is 1. The Morgan fingerprint density at radius 3 is 2.65 bits per heavy atom. The molecule has 0 aliphatic carbocycles. The minimum absolute atomic E-state index is 0. The average molecular weight is 344 g/mol. The molecule has 1 aromatic carbocycles. The number of carbonyl (C=O) groups is 1. The fourth-order valence-corrected chi connectivity index (χ4v) is 2.71. The molecule has 1 amide bonds. The number of nitrogens with zero attached hydrogens (tertiary/aromatic N) is 2. The lowest BCUT2D eigenvalue weighted by Gasteiger charge is -2.38. The molecule has 1 aliphatic rings. The van der Waals surface area contributed by atoms with Crippen LogP contribution in [-0.4, -0.2) is 41.0 Å². The topological polar surface area (TPSA) is 98.7 Å². The van der Waals surface area contributed by atoms with Gasteiger partial charge in [0.05, 0.1) is 4.92 Å². The molecule has 23 heavy (non-hydrogen) atoms. The molecule has 0 aromatic heterocycles. The van der Waals surface area contributed by atoms with E-state index in [-0.39, 0.29) is 42.7 Å². The van der Waals surface area contributed by atoms with Crippen LogP contribution in [0.1, 0.15) is 26.2 Å². The predicted molar refractivity (Wildman–Crippen MR) is 88.8 cm³/mol. The van der Waals surface area contributed by atoms with Gasteiger partial charge in [-0.25, -0.2) is 0 Å². The largest absolute Gasteiger partial charge is 0.484 e. The van der Waals surface area contributed by atoms with Gasteiger partial charge in [0.1, 0.15) is 5.75 Å². The van der Waals surface area contributed by atoms with Gasteiger partial charge in [0, 0.05) is 30.8 Å². The molecular weight excluding hydrogens is 322 g/mol. The van der Waals surface area contributed by atoms with E-state index < -0.39 is 4.92 Å². The van der Waals surface area contributed by atoms with Crippen LogP contribution in [0.25, 0.3) is 0 Å².